The van der Waals surface area contributed by atoms with Crippen LogP contribution in [-0.2, 0) is 21.7 Å². The van der Waals surface area contributed by atoms with E-state index in [0.29, 0.717) is 23.6 Å². The average molecular weight is 465 g/mol. The number of halogens is 1. The summed E-state index contributed by atoms with van der Waals surface area (Å²) in [7, 11) is 0. The molecule has 2 fully saturated rings. The molecule has 7 nitrogen and oxygen atoms in total. The number of ether oxygens (including phenoxy) is 3. The summed E-state index contributed by atoms with van der Waals surface area (Å²) < 4.78 is 17.5. The van der Waals surface area contributed by atoms with Crippen molar-refractivity contribution in [3.8, 4) is 5.75 Å². The second-order valence-electron chi connectivity index (χ2n) is 8.95. The lowest BCUT2D eigenvalue weighted by Crippen LogP contribution is -2.70. The number of aliphatic hydroxyl groups is 4. The third-order valence-corrected chi connectivity index (χ3v) is 6.83. The van der Waals surface area contributed by atoms with Crippen molar-refractivity contribution in [2.75, 3.05) is 13.2 Å². The minimum absolute atomic E-state index is 0.206. The van der Waals surface area contributed by atoms with Crippen LogP contribution in [0.15, 0.2) is 42.5 Å². The van der Waals surface area contributed by atoms with E-state index < -0.39 is 35.3 Å². The number of fused-ring (bicyclic) bond motifs is 2. The molecule has 2 saturated heterocycles. The molecule has 8 heteroatoms. The van der Waals surface area contributed by atoms with Crippen molar-refractivity contribution >= 4 is 11.6 Å². The Morgan fingerprint density at radius 1 is 1.09 bits per heavy atom. The summed E-state index contributed by atoms with van der Waals surface area (Å²) in [6.45, 7) is 5.25. The Morgan fingerprint density at radius 2 is 1.78 bits per heavy atom. The van der Waals surface area contributed by atoms with Crippen molar-refractivity contribution in [3.05, 3.63) is 64.2 Å². The molecular weight excluding hydrogens is 436 g/mol. The van der Waals surface area contributed by atoms with E-state index in [2.05, 4.69) is 0 Å². The van der Waals surface area contributed by atoms with E-state index in [9.17, 15) is 20.4 Å². The Hall–Kier alpha value is -1.71. The van der Waals surface area contributed by atoms with Gasteiger partial charge in [-0.3, -0.25) is 0 Å². The molecule has 174 valence electrons. The summed E-state index contributed by atoms with van der Waals surface area (Å²) in [4.78, 5) is 0. The highest BCUT2D eigenvalue weighted by Gasteiger charge is 2.71. The van der Waals surface area contributed by atoms with Gasteiger partial charge in [0.2, 0.25) is 5.79 Å². The molecule has 0 spiro atoms. The van der Waals surface area contributed by atoms with Crippen LogP contribution in [-0.4, -0.2) is 63.2 Å². The quantitative estimate of drug-likeness (QED) is 0.518. The third kappa shape index (κ3) is 3.62. The fraction of sp³-hybridized carbons (Fsp3) is 0.500. The third-order valence-electron chi connectivity index (χ3n) is 6.46. The van der Waals surface area contributed by atoms with Gasteiger partial charge in [-0.15, -0.1) is 0 Å². The van der Waals surface area contributed by atoms with E-state index in [1.54, 1.807) is 18.2 Å². The minimum Gasteiger partial charge on any atom is -0.494 e. The van der Waals surface area contributed by atoms with E-state index in [1.807, 2.05) is 31.2 Å². The molecule has 4 rings (SSSR count). The van der Waals surface area contributed by atoms with Crippen LogP contribution >= 0.6 is 11.6 Å². The van der Waals surface area contributed by atoms with Crippen molar-refractivity contribution in [2.24, 2.45) is 0 Å². The number of aliphatic hydroxyl groups excluding tert-OH is 3. The molecule has 2 aliphatic rings. The first-order chi connectivity index (χ1) is 15.0. The van der Waals surface area contributed by atoms with Gasteiger partial charge >= 0.3 is 0 Å². The van der Waals surface area contributed by atoms with Crippen molar-refractivity contribution in [2.45, 2.75) is 62.5 Å². The maximum atomic E-state index is 10.9. The van der Waals surface area contributed by atoms with Crippen molar-refractivity contribution in [1.29, 1.82) is 0 Å². The van der Waals surface area contributed by atoms with Crippen LogP contribution in [0.3, 0.4) is 0 Å². The summed E-state index contributed by atoms with van der Waals surface area (Å²) >= 11 is 6.46. The Bertz CT molecular complexity index is 973. The SMILES string of the molecule is CCOc1ccc(Cc2cc(C34OCC(C(C)(C)O)(O3)[C@@H](O)[C@H](O)[C@H]4O)ccc2Cl)cc1. The van der Waals surface area contributed by atoms with Crippen LogP contribution in [0.4, 0.5) is 0 Å². The highest BCUT2D eigenvalue weighted by atomic mass is 35.5. The Balaban J connectivity index is 1.69. The number of hydrogen-bond donors (Lipinski definition) is 4. The molecule has 2 bridgehead atoms. The highest BCUT2D eigenvalue weighted by Crippen LogP contribution is 2.53. The minimum atomic E-state index is -1.75. The molecule has 0 amide bonds. The molecule has 0 radical (unpaired) electrons. The van der Waals surface area contributed by atoms with Gasteiger partial charge in [0, 0.05) is 10.6 Å². The van der Waals surface area contributed by atoms with Gasteiger partial charge in [0.25, 0.3) is 0 Å². The monoisotopic (exact) mass is 464 g/mol. The standard InChI is InChI=1S/C24H29ClO7/c1-4-30-17-8-5-14(6-9-17)11-15-12-16(7-10-18(15)25)24-21(28)19(26)20(27)23(32-24,13-31-24)22(2,3)29/h5-10,12,19-21,26-29H,4,11,13H2,1-3H3/t19-,20-,21+,23?,24?/m0/s1. The number of rotatable bonds is 6. The van der Waals surface area contributed by atoms with Crippen molar-refractivity contribution in [1.82, 2.24) is 0 Å². The Morgan fingerprint density at radius 3 is 2.41 bits per heavy atom. The van der Waals surface area contributed by atoms with E-state index in [0.717, 1.165) is 16.9 Å². The predicted octanol–water partition coefficient (Wildman–Crippen LogP) is 2.14. The van der Waals surface area contributed by atoms with Crippen molar-refractivity contribution < 1.29 is 34.6 Å². The Kier molecular flexibility index (Phi) is 6.05. The molecule has 2 heterocycles. The van der Waals surface area contributed by atoms with E-state index in [1.165, 1.54) is 13.8 Å². The summed E-state index contributed by atoms with van der Waals surface area (Å²) in [6, 6.07) is 12.8. The van der Waals surface area contributed by atoms with Gasteiger partial charge in [-0.2, -0.15) is 0 Å². The topological polar surface area (TPSA) is 109 Å². The molecule has 2 aliphatic heterocycles. The number of benzene rings is 2. The molecule has 5 atom stereocenters. The average Bonchev–Trinajstić information content (AvgIpc) is 3.15. The lowest BCUT2D eigenvalue weighted by molar-refractivity contribution is -0.348. The molecule has 32 heavy (non-hydrogen) atoms. The summed E-state index contributed by atoms with van der Waals surface area (Å²) in [5.74, 6) is -0.972. The summed E-state index contributed by atoms with van der Waals surface area (Å²) in [6.07, 6.45) is -4.19. The second kappa shape index (κ2) is 8.25. The van der Waals surface area contributed by atoms with Gasteiger partial charge in [0.1, 0.15) is 24.1 Å². The van der Waals surface area contributed by atoms with E-state index >= 15 is 0 Å². The number of hydrogen-bond acceptors (Lipinski definition) is 7. The second-order valence-corrected chi connectivity index (χ2v) is 9.35. The fourth-order valence-corrected chi connectivity index (χ4v) is 4.69. The smallest absolute Gasteiger partial charge is 0.225 e. The van der Waals surface area contributed by atoms with Crippen LogP contribution in [0.5, 0.6) is 5.75 Å². The van der Waals surface area contributed by atoms with Crippen LogP contribution in [0.2, 0.25) is 5.02 Å². The zero-order valence-corrected chi connectivity index (χ0v) is 19.0. The largest absolute Gasteiger partial charge is 0.494 e. The van der Waals surface area contributed by atoms with Crippen LogP contribution < -0.4 is 4.74 Å². The van der Waals surface area contributed by atoms with Gasteiger partial charge in [0.15, 0.2) is 5.60 Å². The van der Waals surface area contributed by atoms with Crippen molar-refractivity contribution in [3.63, 3.8) is 0 Å². The predicted molar refractivity (Wildman–Crippen MR) is 118 cm³/mol. The first-order valence-electron chi connectivity index (χ1n) is 10.7. The van der Waals surface area contributed by atoms with E-state index in [4.69, 9.17) is 25.8 Å². The van der Waals surface area contributed by atoms with E-state index in [-0.39, 0.29) is 6.61 Å². The normalized spacial score (nSPS) is 32.2. The highest BCUT2D eigenvalue weighted by molar-refractivity contribution is 6.31. The fourth-order valence-electron chi connectivity index (χ4n) is 4.50. The lowest BCUT2D eigenvalue weighted by Gasteiger charge is -2.50. The maximum absolute atomic E-state index is 10.9. The Labute approximate surface area is 192 Å². The molecule has 2 unspecified atom stereocenters. The molecular formula is C24H29ClO7. The first-order valence-corrected chi connectivity index (χ1v) is 11.0. The lowest BCUT2D eigenvalue weighted by atomic mass is 9.75. The van der Waals surface area contributed by atoms with Gasteiger partial charge in [-0.25, -0.2) is 0 Å². The van der Waals surface area contributed by atoms with Gasteiger partial charge < -0.3 is 34.6 Å². The summed E-state index contributed by atoms with van der Waals surface area (Å²) in [5.41, 5.74) is -0.951. The zero-order valence-electron chi connectivity index (χ0n) is 18.3. The molecule has 0 aromatic heterocycles. The van der Waals surface area contributed by atoms with Crippen LogP contribution in [0, 0.1) is 0 Å². The molecule has 4 N–H and O–H groups in total. The maximum Gasteiger partial charge on any atom is 0.225 e. The van der Waals surface area contributed by atoms with Crippen LogP contribution in [0.1, 0.15) is 37.5 Å². The molecule has 2 aromatic carbocycles. The van der Waals surface area contributed by atoms with Gasteiger partial charge in [-0.1, -0.05) is 29.8 Å². The summed E-state index contributed by atoms with van der Waals surface area (Å²) in [5, 5.41) is 43.3. The molecule has 0 saturated carbocycles. The first kappa shape index (κ1) is 23.4. The molecule has 2 aromatic rings. The van der Waals surface area contributed by atoms with Crippen LogP contribution in [0.25, 0.3) is 0 Å². The van der Waals surface area contributed by atoms with Gasteiger partial charge in [-0.05, 0) is 62.6 Å². The molecule has 0 aliphatic carbocycles. The zero-order chi connectivity index (χ0) is 23.3. The van der Waals surface area contributed by atoms with Gasteiger partial charge in [0.05, 0.1) is 18.8 Å².